The standard InChI is InChI=1S/C44H73O11P/c1-3-5-6-7-8-9-10-11-12-13-14-15-16-17-18-21-24-51-40-33-39(38-56(45,46)54-4-2)34-41(35-40)53-37-42-36-50-30-29-48-26-25-47-27-28-49-31-32-52-43-22-19-20-23-44(43)55-42/h19-20,22-23,33-35,42H,3-18,21,24-32,36-38H2,1-2H3,(H,45,46). The van der Waals surface area contributed by atoms with Crippen LogP contribution in [0, 0.1) is 0 Å². The monoisotopic (exact) mass is 808 g/mol. The van der Waals surface area contributed by atoms with E-state index in [1.165, 1.54) is 89.9 Å². The van der Waals surface area contributed by atoms with Crippen LogP contribution in [0.5, 0.6) is 23.0 Å². The molecular weight excluding hydrogens is 735 g/mol. The van der Waals surface area contributed by atoms with Crippen LogP contribution in [0.4, 0.5) is 0 Å². The van der Waals surface area contributed by atoms with Crippen molar-refractivity contribution in [3.05, 3.63) is 48.0 Å². The number of hydrogen-bond donors (Lipinski definition) is 1. The van der Waals surface area contributed by atoms with Crippen molar-refractivity contribution in [3.63, 3.8) is 0 Å². The SMILES string of the molecule is CCCCCCCCCCCCCCCCCCOc1cc(CP(=O)(O)OCC)cc(OCC2COCCOCCOCCOCCOc3ccccc3O2)c1. The number of unbranched alkanes of at least 4 members (excludes halogenated alkanes) is 15. The summed E-state index contributed by atoms with van der Waals surface area (Å²) in [6, 6.07) is 12.8. The van der Waals surface area contributed by atoms with Crippen LogP contribution < -0.4 is 18.9 Å². The molecule has 56 heavy (non-hydrogen) atoms. The fourth-order valence-electron chi connectivity index (χ4n) is 6.44. The van der Waals surface area contributed by atoms with Crippen LogP contribution in [0.1, 0.15) is 122 Å². The Morgan fingerprint density at radius 2 is 1.12 bits per heavy atom. The molecule has 2 unspecified atom stereocenters. The Morgan fingerprint density at radius 1 is 0.625 bits per heavy atom. The van der Waals surface area contributed by atoms with Gasteiger partial charge in [0, 0.05) is 6.07 Å². The molecule has 0 saturated carbocycles. The molecule has 0 fully saturated rings. The fraction of sp³-hybridized carbons (Fsp3) is 0.727. The summed E-state index contributed by atoms with van der Waals surface area (Å²) in [4.78, 5) is 10.4. The molecule has 12 heteroatoms. The zero-order valence-electron chi connectivity index (χ0n) is 34.6. The molecule has 320 valence electrons. The van der Waals surface area contributed by atoms with Crippen molar-refractivity contribution in [2.45, 2.75) is 129 Å². The Morgan fingerprint density at radius 3 is 1.70 bits per heavy atom. The smallest absolute Gasteiger partial charge is 0.332 e. The molecule has 1 aliphatic rings. The summed E-state index contributed by atoms with van der Waals surface area (Å²) < 4.78 is 65.5. The Bertz CT molecular complexity index is 1300. The van der Waals surface area contributed by atoms with Gasteiger partial charge in [0.1, 0.15) is 24.7 Å². The van der Waals surface area contributed by atoms with E-state index in [9.17, 15) is 9.46 Å². The normalized spacial score (nSPS) is 17.4. The number of fused-ring (bicyclic) bond motifs is 1. The van der Waals surface area contributed by atoms with Crippen molar-refractivity contribution < 1.29 is 51.9 Å². The van der Waals surface area contributed by atoms with Gasteiger partial charge in [0.15, 0.2) is 17.6 Å². The lowest BCUT2D eigenvalue weighted by Gasteiger charge is -2.22. The van der Waals surface area contributed by atoms with Gasteiger partial charge in [-0.15, -0.1) is 0 Å². The van der Waals surface area contributed by atoms with Gasteiger partial charge in [0.25, 0.3) is 0 Å². The second kappa shape index (κ2) is 31.6. The van der Waals surface area contributed by atoms with Crippen molar-refractivity contribution >= 4 is 7.60 Å². The summed E-state index contributed by atoms with van der Waals surface area (Å²) >= 11 is 0. The Hall–Kier alpha value is -2.37. The number of hydrogen-bond acceptors (Lipinski definition) is 10. The molecule has 1 aliphatic heterocycles. The van der Waals surface area contributed by atoms with Gasteiger partial charge >= 0.3 is 7.60 Å². The van der Waals surface area contributed by atoms with E-state index in [4.69, 9.17) is 42.4 Å². The van der Waals surface area contributed by atoms with Crippen LogP contribution in [0.2, 0.25) is 0 Å². The van der Waals surface area contributed by atoms with Crippen LogP contribution in [0.15, 0.2) is 42.5 Å². The molecule has 2 atom stereocenters. The highest BCUT2D eigenvalue weighted by molar-refractivity contribution is 7.51. The minimum absolute atomic E-state index is 0.135. The lowest BCUT2D eigenvalue weighted by Crippen LogP contribution is -2.31. The van der Waals surface area contributed by atoms with E-state index in [1.54, 1.807) is 19.1 Å². The Labute approximate surface area is 337 Å². The molecule has 11 nitrogen and oxygen atoms in total. The van der Waals surface area contributed by atoms with Crippen molar-refractivity contribution in [1.29, 1.82) is 0 Å². The van der Waals surface area contributed by atoms with Gasteiger partial charge in [0.05, 0.1) is 72.2 Å². The predicted molar refractivity (Wildman–Crippen MR) is 222 cm³/mol. The average Bonchev–Trinajstić information content (AvgIpc) is 3.18. The van der Waals surface area contributed by atoms with Crippen LogP contribution in [-0.2, 0) is 34.2 Å². The summed E-state index contributed by atoms with van der Waals surface area (Å²) in [5.41, 5.74) is 0.590. The average molecular weight is 809 g/mol. The second-order valence-corrected chi connectivity index (χ2v) is 16.3. The number of rotatable bonds is 25. The maximum atomic E-state index is 12.7. The van der Waals surface area contributed by atoms with Crippen molar-refractivity contribution in [2.75, 3.05) is 79.3 Å². The molecule has 1 heterocycles. The van der Waals surface area contributed by atoms with Gasteiger partial charge in [-0.2, -0.15) is 0 Å². The van der Waals surface area contributed by atoms with Crippen molar-refractivity contribution in [3.8, 4) is 23.0 Å². The molecule has 0 bridgehead atoms. The van der Waals surface area contributed by atoms with Gasteiger partial charge < -0.3 is 47.3 Å². The van der Waals surface area contributed by atoms with Crippen LogP contribution in [0.3, 0.4) is 0 Å². The first-order valence-corrected chi connectivity index (χ1v) is 23.3. The van der Waals surface area contributed by atoms with E-state index in [0.29, 0.717) is 88.0 Å². The Balaban J connectivity index is 1.50. The van der Waals surface area contributed by atoms with Crippen LogP contribution >= 0.6 is 7.60 Å². The van der Waals surface area contributed by atoms with E-state index in [-0.39, 0.29) is 26.0 Å². The van der Waals surface area contributed by atoms with E-state index in [2.05, 4.69) is 6.92 Å². The first kappa shape index (κ1) is 48.0. The first-order chi connectivity index (χ1) is 27.5. The van der Waals surface area contributed by atoms with E-state index in [0.717, 1.165) is 12.8 Å². The third-order valence-electron chi connectivity index (χ3n) is 9.40. The lowest BCUT2D eigenvalue weighted by molar-refractivity contribution is -0.0225. The number of para-hydroxylation sites is 2. The third-order valence-corrected chi connectivity index (χ3v) is 10.8. The van der Waals surface area contributed by atoms with Crippen LogP contribution in [0.25, 0.3) is 0 Å². The molecule has 2 aromatic carbocycles. The van der Waals surface area contributed by atoms with Gasteiger partial charge in [-0.1, -0.05) is 115 Å². The summed E-state index contributed by atoms with van der Waals surface area (Å²) in [5.74, 6) is 2.22. The van der Waals surface area contributed by atoms with Gasteiger partial charge in [-0.25, -0.2) is 0 Å². The van der Waals surface area contributed by atoms with Crippen molar-refractivity contribution in [2.24, 2.45) is 0 Å². The summed E-state index contributed by atoms with van der Waals surface area (Å²) in [6.07, 6.45) is 20.3. The predicted octanol–water partition coefficient (Wildman–Crippen LogP) is 10.3. The largest absolute Gasteiger partial charge is 0.493 e. The highest BCUT2D eigenvalue weighted by atomic mass is 31.2. The van der Waals surface area contributed by atoms with Gasteiger partial charge in [-0.3, -0.25) is 4.57 Å². The minimum Gasteiger partial charge on any atom is -0.493 e. The maximum Gasteiger partial charge on any atom is 0.332 e. The second-order valence-electron chi connectivity index (χ2n) is 14.4. The fourth-order valence-corrected chi connectivity index (χ4v) is 7.58. The van der Waals surface area contributed by atoms with Gasteiger partial charge in [-0.05, 0) is 43.2 Å². The summed E-state index contributed by atoms with van der Waals surface area (Å²) in [6.45, 7) is 8.49. The number of ether oxygens (including phenoxy) is 8. The number of benzene rings is 2. The minimum atomic E-state index is -3.84. The molecule has 0 spiro atoms. The summed E-state index contributed by atoms with van der Waals surface area (Å²) in [7, 11) is -3.84. The summed E-state index contributed by atoms with van der Waals surface area (Å²) in [5, 5.41) is 0. The molecule has 0 aromatic heterocycles. The zero-order valence-corrected chi connectivity index (χ0v) is 35.5. The third kappa shape index (κ3) is 23.8. The zero-order chi connectivity index (χ0) is 39.8. The molecule has 0 amide bonds. The molecule has 1 N–H and O–H groups in total. The quantitative estimate of drug-likeness (QED) is 0.0762. The lowest BCUT2D eigenvalue weighted by atomic mass is 10.0. The first-order valence-electron chi connectivity index (χ1n) is 21.5. The molecule has 0 saturated heterocycles. The van der Waals surface area contributed by atoms with E-state index in [1.807, 2.05) is 30.3 Å². The maximum absolute atomic E-state index is 12.7. The molecule has 3 rings (SSSR count). The molecule has 0 aliphatic carbocycles. The van der Waals surface area contributed by atoms with E-state index >= 15 is 0 Å². The Kier molecular flexibility index (Phi) is 27.1. The molecule has 0 radical (unpaired) electrons. The van der Waals surface area contributed by atoms with Crippen LogP contribution in [-0.4, -0.2) is 90.3 Å². The topological polar surface area (TPSA) is 120 Å². The highest BCUT2D eigenvalue weighted by Crippen LogP contribution is 2.46. The molecule has 2 aromatic rings. The molecular formula is C44H73O11P. The highest BCUT2D eigenvalue weighted by Gasteiger charge is 2.21. The van der Waals surface area contributed by atoms with E-state index < -0.39 is 13.7 Å². The van der Waals surface area contributed by atoms with Gasteiger partial charge in [0.2, 0.25) is 0 Å². The van der Waals surface area contributed by atoms with Crippen molar-refractivity contribution in [1.82, 2.24) is 0 Å².